The number of aromatic nitrogens is 1. The summed E-state index contributed by atoms with van der Waals surface area (Å²) >= 11 is 0. The summed E-state index contributed by atoms with van der Waals surface area (Å²) in [7, 11) is 0. The van der Waals surface area contributed by atoms with E-state index in [2.05, 4.69) is 55.3 Å². The lowest BCUT2D eigenvalue weighted by Gasteiger charge is -2.32. The fourth-order valence-electron chi connectivity index (χ4n) is 3.20. The van der Waals surface area contributed by atoms with E-state index in [0.717, 1.165) is 25.9 Å². The largest absolute Gasteiger partial charge is 0.382 e. The topological polar surface area (TPSA) is 48.1 Å². The molecule has 1 saturated heterocycles. The minimum Gasteiger partial charge on any atom is -0.382 e. The molecule has 1 aliphatic heterocycles. The molecular weight excluding hydrogens is 286 g/mol. The number of hydrogen-bond acceptors (Lipinski definition) is 2. The fraction of sp³-hybridized carbons (Fsp3) is 0.526. The van der Waals surface area contributed by atoms with Crippen molar-refractivity contribution in [2.45, 2.75) is 52.0 Å². The minimum atomic E-state index is 0.131. The van der Waals surface area contributed by atoms with Gasteiger partial charge < -0.3 is 15.2 Å². The summed E-state index contributed by atoms with van der Waals surface area (Å²) in [6.45, 7) is 10.0. The molecular formula is C19H27N3O. The number of piperidine rings is 1. The average Bonchev–Trinajstić information content (AvgIpc) is 2.91. The van der Waals surface area contributed by atoms with Crippen molar-refractivity contribution in [3.05, 3.63) is 30.0 Å². The number of nitrogens with one attached hydrogen (secondary N) is 2. The van der Waals surface area contributed by atoms with Crippen molar-refractivity contribution < 1.29 is 4.79 Å². The lowest BCUT2D eigenvalue weighted by Crippen LogP contribution is -2.41. The SMILES string of the molecule is CC(=O)N1CCC(Nc2ccc3[nH]c(C(C)(C)C)cc3c2)CC1. The third kappa shape index (κ3) is 3.52. The number of fused-ring (bicyclic) bond motifs is 1. The van der Waals surface area contributed by atoms with Gasteiger partial charge in [0.25, 0.3) is 0 Å². The first-order valence-corrected chi connectivity index (χ1v) is 8.48. The van der Waals surface area contributed by atoms with Crippen LogP contribution < -0.4 is 5.32 Å². The van der Waals surface area contributed by atoms with Gasteiger partial charge in [-0.2, -0.15) is 0 Å². The maximum absolute atomic E-state index is 11.4. The second kappa shape index (κ2) is 5.91. The van der Waals surface area contributed by atoms with Crippen molar-refractivity contribution in [3.63, 3.8) is 0 Å². The van der Waals surface area contributed by atoms with Crippen LogP contribution in [0.1, 0.15) is 46.2 Å². The number of aromatic amines is 1. The van der Waals surface area contributed by atoms with E-state index in [0.29, 0.717) is 6.04 Å². The molecule has 0 radical (unpaired) electrons. The van der Waals surface area contributed by atoms with E-state index in [1.54, 1.807) is 6.92 Å². The Labute approximate surface area is 138 Å². The van der Waals surface area contributed by atoms with Crippen molar-refractivity contribution in [1.82, 2.24) is 9.88 Å². The van der Waals surface area contributed by atoms with E-state index in [1.807, 2.05) is 4.90 Å². The van der Waals surface area contributed by atoms with Crippen LogP contribution in [0, 0.1) is 0 Å². The number of nitrogens with zero attached hydrogens (tertiary/aromatic N) is 1. The quantitative estimate of drug-likeness (QED) is 0.883. The smallest absolute Gasteiger partial charge is 0.219 e. The van der Waals surface area contributed by atoms with E-state index >= 15 is 0 Å². The first kappa shape index (κ1) is 15.9. The molecule has 4 nitrogen and oxygen atoms in total. The molecule has 0 saturated carbocycles. The van der Waals surface area contributed by atoms with Gasteiger partial charge in [0.1, 0.15) is 0 Å². The Morgan fingerprint density at radius 1 is 1.22 bits per heavy atom. The highest BCUT2D eigenvalue weighted by Gasteiger charge is 2.21. The van der Waals surface area contributed by atoms with Crippen molar-refractivity contribution in [1.29, 1.82) is 0 Å². The molecule has 0 spiro atoms. The zero-order valence-corrected chi connectivity index (χ0v) is 14.6. The molecule has 3 rings (SSSR count). The van der Waals surface area contributed by atoms with Gasteiger partial charge in [-0.1, -0.05) is 20.8 Å². The van der Waals surface area contributed by atoms with Crippen LogP contribution in [0.3, 0.4) is 0 Å². The minimum absolute atomic E-state index is 0.131. The molecule has 124 valence electrons. The Morgan fingerprint density at radius 2 is 1.91 bits per heavy atom. The number of hydrogen-bond donors (Lipinski definition) is 2. The summed E-state index contributed by atoms with van der Waals surface area (Å²) < 4.78 is 0. The van der Waals surface area contributed by atoms with Crippen molar-refractivity contribution >= 4 is 22.5 Å². The lowest BCUT2D eigenvalue weighted by atomic mass is 9.92. The zero-order chi connectivity index (χ0) is 16.6. The van der Waals surface area contributed by atoms with Gasteiger partial charge in [-0.15, -0.1) is 0 Å². The van der Waals surface area contributed by atoms with Crippen LogP contribution in [0.25, 0.3) is 10.9 Å². The van der Waals surface area contributed by atoms with Crippen LogP contribution in [0.5, 0.6) is 0 Å². The summed E-state index contributed by atoms with van der Waals surface area (Å²) in [5.74, 6) is 0.187. The Kier molecular flexibility index (Phi) is 4.09. The molecule has 1 amide bonds. The average molecular weight is 313 g/mol. The Morgan fingerprint density at radius 3 is 2.52 bits per heavy atom. The molecule has 1 fully saturated rings. The maximum atomic E-state index is 11.4. The number of rotatable bonds is 2. The molecule has 0 bridgehead atoms. The Hall–Kier alpha value is -1.97. The van der Waals surface area contributed by atoms with Gasteiger partial charge >= 0.3 is 0 Å². The molecule has 1 aromatic carbocycles. The molecule has 0 aliphatic carbocycles. The molecule has 1 aliphatic rings. The molecule has 1 aromatic heterocycles. The first-order valence-electron chi connectivity index (χ1n) is 8.48. The van der Waals surface area contributed by atoms with Gasteiger partial charge in [0, 0.05) is 53.8 Å². The van der Waals surface area contributed by atoms with Gasteiger partial charge in [0.05, 0.1) is 0 Å². The molecule has 2 N–H and O–H groups in total. The van der Waals surface area contributed by atoms with Crippen molar-refractivity contribution in [3.8, 4) is 0 Å². The zero-order valence-electron chi connectivity index (χ0n) is 14.6. The fourth-order valence-corrected chi connectivity index (χ4v) is 3.20. The third-order valence-corrected chi connectivity index (χ3v) is 4.74. The predicted octanol–water partition coefficient (Wildman–Crippen LogP) is 3.89. The van der Waals surface area contributed by atoms with Gasteiger partial charge in [-0.3, -0.25) is 4.79 Å². The first-order chi connectivity index (χ1) is 10.8. The van der Waals surface area contributed by atoms with Gasteiger partial charge in [0.15, 0.2) is 0 Å². The normalized spacial score (nSPS) is 16.8. The standard InChI is InChI=1S/C19H27N3O/c1-13(23)22-9-7-15(8-10-22)20-16-5-6-17-14(11-16)12-18(21-17)19(2,3)4/h5-6,11-12,15,20-21H,7-10H2,1-4H3. The highest BCUT2D eigenvalue weighted by molar-refractivity contribution is 5.84. The number of H-pyrrole nitrogens is 1. The highest BCUT2D eigenvalue weighted by Crippen LogP contribution is 2.28. The van der Waals surface area contributed by atoms with Crippen LogP contribution in [0.15, 0.2) is 24.3 Å². The second-order valence-electron chi connectivity index (χ2n) is 7.66. The summed E-state index contributed by atoms with van der Waals surface area (Å²) in [5.41, 5.74) is 3.75. The van der Waals surface area contributed by atoms with Crippen molar-refractivity contribution in [2.24, 2.45) is 0 Å². The molecule has 0 atom stereocenters. The van der Waals surface area contributed by atoms with Crippen LogP contribution in [-0.2, 0) is 10.2 Å². The van der Waals surface area contributed by atoms with Crippen molar-refractivity contribution in [2.75, 3.05) is 18.4 Å². The van der Waals surface area contributed by atoms with E-state index in [1.165, 1.54) is 22.3 Å². The number of carbonyl (C=O) groups is 1. The molecule has 4 heteroatoms. The predicted molar refractivity (Wildman–Crippen MR) is 95.9 cm³/mol. The Balaban J connectivity index is 1.70. The van der Waals surface area contributed by atoms with Crippen LogP contribution in [0.2, 0.25) is 0 Å². The van der Waals surface area contributed by atoms with Crippen LogP contribution >= 0.6 is 0 Å². The Bertz CT molecular complexity index is 703. The van der Waals surface area contributed by atoms with Gasteiger partial charge in [0.2, 0.25) is 5.91 Å². The maximum Gasteiger partial charge on any atom is 0.219 e. The summed E-state index contributed by atoms with van der Waals surface area (Å²) in [6, 6.07) is 9.21. The molecule has 2 aromatic rings. The lowest BCUT2D eigenvalue weighted by molar-refractivity contribution is -0.129. The summed E-state index contributed by atoms with van der Waals surface area (Å²) in [4.78, 5) is 16.8. The number of carbonyl (C=O) groups excluding carboxylic acids is 1. The van der Waals surface area contributed by atoms with E-state index in [-0.39, 0.29) is 11.3 Å². The number of benzene rings is 1. The third-order valence-electron chi connectivity index (χ3n) is 4.74. The summed E-state index contributed by atoms with van der Waals surface area (Å²) in [6.07, 6.45) is 2.02. The second-order valence-corrected chi connectivity index (χ2v) is 7.66. The van der Waals surface area contributed by atoms with E-state index < -0.39 is 0 Å². The number of likely N-dealkylation sites (tertiary alicyclic amines) is 1. The molecule has 23 heavy (non-hydrogen) atoms. The highest BCUT2D eigenvalue weighted by atomic mass is 16.2. The molecule has 2 heterocycles. The van der Waals surface area contributed by atoms with Gasteiger partial charge in [-0.05, 0) is 37.1 Å². The molecule has 0 unspecified atom stereocenters. The van der Waals surface area contributed by atoms with Crippen LogP contribution in [-0.4, -0.2) is 34.9 Å². The van der Waals surface area contributed by atoms with Gasteiger partial charge in [-0.25, -0.2) is 0 Å². The number of anilines is 1. The number of amides is 1. The monoisotopic (exact) mass is 313 g/mol. The van der Waals surface area contributed by atoms with E-state index in [9.17, 15) is 4.79 Å². The van der Waals surface area contributed by atoms with E-state index in [4.69, 9.17) is 0 Å². The summed E-state index contributed by atoms with van der Waals surface area (Å²) in [5, 5.41) is 4.88. The van der Waals surface area contributed by atoms with Crippen LogP contribution in [0.4, 0.5) is 5.69 Å².